The highest BCUT2D eigenvalue weighted by Gasteiger charge is 2.40. The number of thiophene rings is 1. The molecular formula is C19H13ClN2O4S. The molecule has 0 saturated carbocycles. The molecule has 3 rings (SSSR count). The molecule has 2 N–H and O–H groups in total. The third-order valence-electron chi connectivity index (χ3n) is 4.00. The van der Waals surface area contributed by atoms with Crippen molar-refractivity contribution in [2.24, 2.45) is 5.73 Å². The number of ether oxygens (including phenoxy) is 2. The van der Waals surface area contributed by atoms with Gasteiger partial charge >= 0.3 is 5.97 Å². The van der Waals surface area contributed by atoms with E-state index in [4.69, 9.17) is 26.8 Å². The van der Waals surface area contributed by atoms with Gasteiger partial charge in [0.25, 0.3) is 0 Å². The molecule has 0 unspecified atom stereocenters. The summed E-state index contributed by atoms with van der Waals surface area (Å²) < 4.78 is 10.1. The van der Waals surface area contributed by atoms with Gasteiger partial charge in [-0.15, -0.1) is 11.3 Å². The second-order valence-corrected chi connectivity index (χ2v) is 6.84. The van der Waals surface area contributed by atoms with Gasteiger partial charge in [0, 0.05) is 5.02 Å². The molecule has 0 aliphatic carbocycles. The fourth-order valence-electron chi connectivity index (χ4n) is 2.80. The van der Waals surface area contributed by atoms with Crippen molar-refractivity contribution < 1.29 is 19.1 Å². The Kier molecular flexibility index (Phi) is 5.31. The number of allylic oxidation sites excluding steroid dienone is 2. The lowest BCUT2D eigenvalue weighted by molar-refractivity contribution is -0.139. The van der Waals surface area contributed by atoms with Gasteiger partial charge in [0.2, 0.25) is 17.4 Å². The molecule has 8 heteroatoms. The van der Waals surface area contributed by atoms with Gasteiger partial charge in [-0.25, -0.2) is 4.79 Å². The number of hydrogen-bond donors (Lipinski definition) is 1. The number of nitrogens with two attached hydrogens (primary N) is 1. The summed E-state index contributed by atoms with van der Waals surface area (Å²) in [5, 5.41) is 11.7. The maximum absolute atomic E-state index is 13.2. The molecule has 1 aromatic heterocycles. The van der Waals surface area contributed by atoms with Crippen LogP contribution in [0.1, 0.15) is 21.2 Å². The molecule has 2 heterocycles. The molecule has 1 atom stereocenters. The Morgan fingerprint density at radius 3 is 2.63 bits per heavy atom. The Labute approximate surface area is 164 Å². The van der Waals surface area contributed by atoms with Crippen LogP contribution in [0.25, 0.3) is 0 Å². The first kappa shape index (κ1) is 18.7. The standard InChI is InChI=1S/C19H13ClN2O4S/c1-25-19(24)17-15(16(23)13-7-4-8-27-13)14(11(9-21)18(22)26-17)10-5-2-3-6-12(10)20/h2-8,14H,22H2,1H3/t14-/m0/s1. The van der Waals surface area contributed by atoms with E-state index in [9.17, 15) is 14.9 Å². The number of Topliss-reactive ketones (excluding diaryl/α,β-unsaturated/α-hetero) is 1. The monoisotopic (exact) mass is 400 g/mol. The van der Waals surface area contributed by atoms with Crippen molar-refractivity contribution in [3.63, 3.8) is 0 Å². The number of rotatable bonds is 4. The van der Waals surface area contributed by atoms with E-state index >= 15 is 0 Å². The number of carbonyl (C=O) groups excluding carboxylic acids is 2. The normalized spacial score (nSPS) is 16.6. The summed E-state index contributed by atoms with van der Waals surface area (Å²) in [6.45, 7) is 0. The molecule has 0 spiro atoms. The van der Waals surface area contributed by atoms with E-state index < -0.39 is 17.7 Å². The second-order valence-electron chi connectivity index (χ2n) is 5.49. The van der Waals surface area contributed by atoms with Crippen LogP contribution < -0.4 is 5.73 Å². The van der Waals surface area contributed by atoms with Crippen LogP contribution in [0.5, 0.6) is 0 Å². The number of hydrogen-bond acceptors (Lipinski definition) is 7. The van der Waals surface area contributed by atoms with E-state index in [1.807, 2.05) is 6.07 Å². The molecule has 0 amide bonds. The van der Waals surface area contributed by atoms with Crippen LogP contribution in [0.15, 0.2) is 64.6 Å². The summed E-state index contributed by atoms with van der Waals surface area (Å²) in [7, 11) is 1.16. The molecule has 0 radical (unpaired) electrons. The molecule has 27 heavy (non-hydrogen) atoms. The molecule has 1 aliphatic heterocycles. The van der Waals surface area contributed by atoms with Gasteiger partial charge in [-0.3, -0.25) is 4.79 Å². The quantitative estimate of drug-likeness (QED) is 0.622. The minimum Gasteiger partial charge on any atom is -0.463 e. The highest BCUT2D eigenvalue weighted by atomic mass is 35.5. The van der Waals surface area contributed by atoms with E-state index in [2.05, 4.69) is 0 Å². The summed E-state index contributed by atoms with van der Waals surface area (Å²) in [5.41, 5.74) is 6.29. The van der Waals surface area contributed by atoms with Gasteiger partial charge in [-0.1, -0.05) is 35.9 Å². The van der Waals surface area contributed by atoms with Crippen molar-refractivity contribution in [3.05, 3.63) is 80.0 Å². The average molecular weight is 401 g/mol. The highest BCUT2D eigenvalue weighted by Crippen LogP contribution is 2.43. The average Bonchev–Trinajstić information content (AvgIpc) is 3.21. The number of ketones is 1. The zero-order valence-corrected chi connectivity index (χ0v) is 15.6. The molecule has 6 nitrogen and oxygen atoms in total. The summed E-state index contributed by atoms with van der Waals surface area (Å²) in [4.78, 5) is 25.9. The van der Waals surface area contributed by atoms with E-state index in [-0.39, 0.29) is 22.8 Å². The predicted octanol–water partition coefficient (Wildman–Crippen LogP) is 3.52. The summed E-state index contributed by atoms with van der Waals surface area (Å²) in [6, 6.07) is 12.0. The number of methoxy groups -OCH3 is 1. The Morgan fingerprint density at radius 2 is 2.04 bits per heavy atom. The minimum atomic E-state index is -0.957. The Hall–Kier alpha value is -3.08. The van der Waals surface area contributed by atoms with Gasteiger partial charge < -0.3 is 15.2 Å². The van der Waals surface area contributed by atoms with Crippen LogP contribution in [0, 0.1) is 11.3 Å². The lowest BCUT2D eigenvalue weighted by Crippen LogP contribution is -2.28. The molecule has 2 aromatic rings. The van der Waals surface area contributed by atoms with Crippen LogP contribution in [0.2, 0.25) is 5.02 Å². The van der Waals surface area contributed by atoms with Crippen LogP contribution in [-0.2, 0) is 14.3 Å². The fraction of sp³-hybridized carbons (Fsp3) is 0.105. The lowest BCUT2D eigenvalue weighted by atomic mass is 9.80. The van der Waals surface area contributed by atoms with Crippen molar-refractivity contribution >= 4 is 34.7 Å². The second kappa shape index (κ2) is 7.66. The summed E-state index contributed by atoms with van der Waals surface area (Å²) >= 11 is 7.53. The predicted molar refractivity (Wildman–Crippen MR) is 99.8 cm³/mol. The summed E-state index contributed by atoms with van der Waals surface area (Å²) in [6.07, 6.45) is 0. The van der Waals surface area contributed by atoms with Crippen molar-refractivity contribution in [2.75, 3.05) is 7.11 Å². The first-order valence-electron chi connectivity index (χ1n) is 7.72. The van der Waals surface area contributed by atoms with Crippen molar-refractivity contribution in [1.82, 2.24) is 0 Å². The van der Waals surface area contributed by atoms with Gasteiger partial charge in [-0.05, 0) is 23.1 Å². The largest absolute Gasteiger partial charge is 0.463 e. The maximum atomic E-state index is 13.2. The molecular weight excluding hydrogens is 388 g/mol. The van der Waals surface area contributed by atoms with Gasteiger partial charge in [0.1, 0.15) is 11.6 Å². The number of nitriles is 1. The number of carbonyl (C=O) groups is 2. The third-order valence-corrected chi connectivity index (χ3v) is 5.21. The van der Waals surface area contributed by atoms with E-state index in [0.29, 0.717) is 15.5 Å². The number of nitrogens with zero attached hydrogens (tertiary/aromatic N) is 1. The Morgan fingerprint density at radius 1 is 1.30 bits per heavy atom. The van der Waals surface area contributed by atoms with Gasteiger partial charge in [0.05, 0.1) is 23.5 Å². The minimum absolute atomic E-state index is 0.00402. The topological polar surface area (TPSA) is 102 Å². The lowest BCUT2D eigenvalue weighted by Gasteiger charge is -2.27. The number of halogens is 1. The van der Waals surface area contributed by atoms with Gasteiger partial charge in [-0.2, -0.15) is 5.26 Å². The number of esters is 1. The molecule has 1 aromatic carbocycles. The fourth-order valence-corrected chi connectivity index (χ4v) is 3.72. The van der Waals surface area contributed by atoms with Crippen molar-refractivity contribution in [3.8, 4) is 6.07 Å². The van der Waals surface area contributed by atoms with Crippen molar-refractivity contribution in [1.29, 1.82) is 5.26 Å². The molecule has 0 saturated heterocycles. The first-order valence-corrected chi connectivity index (χ1v) is 8.98. The summed E-state index contributed by atoms with van der Waals surface area (Å²) in [5.74, 6) is -2.91. The third kappa shape index (κ3) is 3.33. The van der Waals surface area contributed by atoms with Gasteiger partial charge in [0.15, 0.2) is 0 Å². The molecule has 0 fully saturated rings. The molecule has 136 valence electrons. The van der Waals surface area contributed by atoms with Crippen molar-refractivity contribution in [2.45, 2.75) is 5.92 Å². The Bertz CT molecular complexity index is 1020. The van der Waals surface area contributed by atoms with E-state index in [1.54, 1.807) is 41.8 Å². The van der Waals surface area contributed by atoms with Crippen LogP contribution in [0.3, 0.4) is 0 Å². The smallest absolute Gasteiger partial charge is 0.374 e. The van der Waals surface area contributed by atoms with E-state index in [0.717, 1.165) is 7.11 Å². The maximum Gasteiger partial charge on any atom is 0.374 e. The number of benzene rings is 1. The van der Waals surface area contributed by atoms with Crippen LogP contribution in [0.4, 0.5) is 0 Å². The van der Waals surface area contributed by atoms with Crippen LogP contribution in [-0.4, -0.2) is 18.9 Å². The first-order chi connectivity index (χ1) is 13.0. The SMILES string of the molecule is COC(=O)C1=C(C(=O)c2cccs2)[C@@H](c2ccccc2Cl)C(C#N)=C(N)O1. The van der Waals surface area contributed by atoms with E-state index in [1.165, 1.54) is 11.3 Å². The zero-order chi connectivity index (χ0) is 19.6. The Balaban J connectivity index is 2.31. The molecule has 1 aliphatic rings. The van der Waals surface area contributed by atoms with Crippen LogP contribution >= 0.6 is 22.9 Å². The zero-order valence-electron chi connectivity index (χ0n) is 14.1. The molecule has 0 bridgehead atoms. The highest BCUT2D eigenvalue weighted by molar-refractivity contribution is 7.12.